The number of aliphatic hydroxyl groups is 1. The van der Waals surface area contributed by atoms with Crippen LogP contribution in [0.1, 0.15) is 38.6 Å². The zero-order chi connectivity index (χ0) is 16.3. The predicted molar refractivity (Wildman–Crippen MR) is 87.7 cm³/mol. The van der Waals surface area contributed by atoms with Crippen LogP contribution in [0.4, 0.5) is 0 Å². The average Bonchev–Trinajstić information content (AvgIpc) is 2.85. The number of rotatable bonds is 6. The Bertz CT molecular complexity index is 655. The summed E-state index contributed by atoms with van der Waals surface area (Å²) in [7, 11) is 0. The quantitative estimate of drug-likeness (QED) is 0.861. The lowest BCUT2D eigenvalue weighted by molar-refractivity contribution is -0.133. The summed E-state index contributed by atoms with van der Waals surface area (Å²) >= 11 is 0. The highest BCUT2D eigenvalue weighted by Crippen LogP contribution is 2.16. The molecule has 1 amide bonds. The molecule has 2 N–H and O–H groups in total. The van der Waals surface area contributed by atoms with E-state index in [4.69, 9.17) is 0 Å². The minimum absolute atomic E-state index is 0.0433. The van der Waals surface area contributed by atoms with Gasteiger partial charge in [0.15, 0.2) is 0 Å². The largest absolute Gasteiger partial charge is 0.389 e. The van der Waals surface area contributed by atoms with Crippen LogP contribution in [-0.4, -0.2) is 44.6 Å². The normalized spacial score (nSPS) is 11.9. The Balaban J connectivity index is 2.01. The Labute approximate surface area is 131 Å². The van der Waals surface area contributed by atoms with Crippen molar-refractivity contribution in [3.63, 3.8) is 0 Å². The first kappa shape index (κ1) is 16.5. The van der Waals surface area contributed by atoms with Crippen LogP contribution in [0.3, 0.4) is 0 Å². The fraction of sp³-hybridized carbons (Fsp3) is 0.529. The van der Waals surface area contributed by atoms with Gasteiger partial charge in [-0.3, -0.25) is 4.79 Å². The second-order valence-electron chi connectivity index (χ2n) is 6.37. The molecule has 0 spiro atoms. The highest BCUT2D eigenvalue weighted by molar-refractivity contribution is 5.79. The molecule has 1 heterocycles. The second-order valence-corrected chi connectivity index (χ2v) is 6.37. The zero-order valence-electron chi connectivity index (χ0n) is 13.8. The monoisotopic (exact) mass is 303 g/mol. The molecular formula is C17H25N3O2. The van der Waals surface area contributed by atoms with Gasteiger partial charge in [0, 0.05) is 25.9 Å². The Morgan fingerprint density at radius 3 is 2.73 bits per heavy atom. The van der Waals surface area contributed by atoms with Crippen LogP contribution < -0.4 is 0 Å². The first-order chi connectivity index (χ1) is 10.3. The van der Waals surface area contributed by atoms with Gasteiger partial charge in [0.05, 0.1) is 16.6 Å². The van der Waals surface area contributed by atoms with E-state index in [0.29, 0.717) is 25.9 Å². The summed E-state index contributed by atoms with van der Waals surface area (Å²) in [6.07, 6.45) is 0.970. The van der Waals surface area contributed by atoms with E-state index in [1.165, 1.54) is 0 Å². The first-order valence-corrected chi connectivity index (χ1v) is 7.74. The van der Waals surface area contributed by atoms with Gasteiger partial charge in [0.2, 0.25) is 5.91 Å². The number of aryl methyl sites for hydroxylation is 2. The van der Waals surface area contributed by atoms with Crippen LogP contribution in [-0.2, 0) is 11.2 Å². The lowest BCUT2D eigenvalue weighted by Gasteiger charge is -2.28. The van der Waals surface area contributed by atoms with E-state index in [1.807, 2.05) is 32.0 Å². The van der Waals surface area contributed by atoms with E-state index < -0.39 is 5.60 Å². The maximum Gasteiger partial charge on any atom is 0.223 e. The van der Waals surface area contributed by atoms with Crippen LogP contribution >= 0.6 is 0 Å². The molecule has 0 aliphatic rings. The molecule has 0 bridgehead atoms. The van der Waals surface area contributed by atoms with Crippen LogP contribution in [0.25, 0.3) is 11.0 Å². The van der Waals surface area contributed by atoms with Gasteiger partial charge in [-0.25, -0.2) is 4.98 Å². The topological polar surface area (TPSA) is 69.2 Å². The van der Waals surface area contributed by atoms with E-state index in [2.05, 4.69) is 9.97 Å². The van der Waals surface area contributed by atoms with Crippen molar-refractivity contribution in [2.75, 3.05) is 13.1 Å². The number of hydrogen-bond acceptors (Lipinski definition) is 3. The van der Waals surface area contributed by atoms with E-state index in [0.717, 1.165) is 22.4 Å². The van der Waals surface area contributed by atoms with Crippen molar-refractivity contribution in [3.05, 3.63) is 29.6 Å². The number of nitrogens with zero attached hydrogens (tertiary/aromatic N) is 2. The molecule has 0 unspecified atom stereocenters. The molecule has 5 heteroatoms. The van der Waals surface area contributed by atoms with E-state index >= 15 is 0 Å². The highest BCUT2D eigenvalue weighted by Gasteiger charge is 2.21. The van der Waals surface area contributed by atoms with E-state index in [9.17, 15) is 9.90 Å². The van der Waals surface area contributed by atoms with Crippen molar-refractivity contribution in [3.8, 4) is 0 Å². The summed E-state index contributed by atoms with van der Waals surface area (Å²) in [5, 5.41) is 9.87. The van der Waals surface area contributed by atoms with Gasteiger partial charge in [0.1, 0.15) is 5.82 Å². The van der Waals surface area contributed by atoms with Gasteiger partial charge in [-0.2, -0.15) is 0 Å². The molecule has 0 saturated carbocycles. The fourth-order valence-electron chi connectivity index (χ4n) is 2.57. The number of fused-ring (bicyclic) bond motifs is 1. The van der Waals surface area contributed by atoms with Gasteiger partial charge in [-0.15, -0.1) is 0 Å². The van der Waals surface area contributed by atoms with Gasteiger partial charge in [0.25, 0.3) is 0 Å². The molecule has 5 nitrogen and oxygen atoms in total. The molecule has 0 aliphatic carbocycles. The van der Waals surface area contributed by atoms with Crippen molar-refractivity contribution in [2.45, 2.75) is 46.1 Å². The summed E-state index contributed by atoms with van der Waals surface area (Å²) in [5.41, 5.74) is 2.23. The van der Waals surface area contributed by atoms with Gasteiger partial charge in [-0.05, 0) is 39.3 Å². The van der Waals surface area contributed by atoms with Crippen LogP contribution in [0.2, 0.25) is 0 Å². The Hall–Kier alpha value is -1.88. The zero-order valence-corrected chi connectivity index (χ0v) is 13.8. The summed E-state index contributed by atoms with van der Waals surface area (Å²) < 4.78 is 0. The molecule has 0 aliphatic heterocycles. The fourth-order valence-corrected chi connectivity index (χ4v) is 2.57. The minimum atomic E-state index is -0.873. The molecule has 1 aromatic carbocycles. The standard InChI is InChI=1S/C17H25N3O2/c1-5-20(11-17(3,4)22)15(21)10-9-14-18-13-8-6-7-12(2)16(13)19-14/h6-8,22H,5,9-11H2,1-4H3,(H,18,19). The molecule has 0 atom stereocenters. The smallest absolute Gasteiger partial charge is 0.223 e. The predicted octanol–water partition coefficient (Wildman–Crippen LogP) is 2.42. The number of benzene rings is 1. The molecule has 120 valence electrons. The molecular weight excluding hydrogens is 278 g/mol. The SMILES string of the molecule is CCN(CC(C)(C)O)C(=O)CCc1nc2c(C)cccc2[nH]1. The third-order valence-corrected chi connectivity index (χ3v) is 3.65. The summed E-state index contributed by atoms with van der Waals surface area (Å²) in [4.78, 5) is 21.8. The lowest BCUT2D eigenvalue weighted by Crippen LogP contribution is -2.42. The number of carbonyl (C=O) groups excluding carboxylic acids is 1. The number of imidazole rings is 1. The van der Waals surface area contributed by atoms with Crippen molar-refractivity contribution in [1.82, 2.24) is 14.9 Å². The molecule has 2 rings (SSSR count). The number of carbonyl (C=O) groups is 1. The molecule has 22 heavy (non-hydrogen) atoms. The number of nitrogens with one attached hydrogen (secondary N) is 1. The van der Waals surface area contributed by atoms with E-state index in [-0.39, 0.29) is 5.91 Å². The maximum absolute atomic E-state index is 12.3. The lowest BCUT2D eigenvalue weighted by atomic mass is 10.1. The summed E-state index contributed by atoms with van der Waals surface area (Å²) in [6, 6.07) is 6.01. The van der Waals surface area contributed by atoms with Gasteiger partial charge >= 0.3 is 0 Å². The number of aromatic nitrogens is 2. The molecule has 0 radical (unpaired) electrons. The average molecular weight is 303 g/mol. The molecule has 0 saturated heterocycles. The maximum atomic E-state index is 12.3. The van der Waals surface area contributed by atoms with Crippen LogP contribution in [0.5, 0.6) is 0 Å². The number of aromatic amines is 1. The molecule has 0 fully saturated rings. The highest BCUT2D eigenvalue weighted by atomic mass is 16.3. The van der Waals surface area contributed by atoms with E-state index in [1.54, 1.807) is 18.7 Å². The Morgan fingerprint density at radius 2 is 2.14 bits per heavy atom. The second kappa shape index (κ2) is 6.48. The number of hydrogen-bond donors (Lipinski definition) is 2. The number of para-hydroxylation sites is 1. The van der Waals surface area contributed by atoms with Crippen molar-refractivity contribution >= 4 is 16.9 Å². The van der Waals surface area contributed by atoms with Gasteiger partial charge < -0.3 is 15.0 Å². The Morgan fingerprint density at radius 1 is 1.41 bits per heavy atom. The summed E-state index contributed by atoms with van der Waals surface area (Å²) in [6.45, 7) is 8.33. The summed E-state index contributed by atoms with van der Waals surface area (Å²) in [5.74, 6) is 0.874. The van der Waals surface area contributed by atoms with Gasteiger partial charge in [-0.1, -0.05) is 12.1 Å². The number of likely N-dealkylation sites (N-methyl/N-ethyl adjacent to an activating group) is 1. The third kappa shape index (κ3) is 4.07. The molecule has 1 aromatic heterocycles. The van der Waals surface area contributed by atoms with Crippen molar-refractivity contribution in [2.24, 2.45) is 0 Å². The van der Waals surface area contributed by atoms with Crippen LogP contribution in [0.15, 0.2) is 18.2 Å². The van der Waals surface area contributed by atoms with Crippen molar-refractivity contribution < 1.29 is 9.90 Å². The van der Waals surface area contributed by atoms with Crippen LogP contribution in [0, 0.1) is 6.92 Å². The number of amides is 1. The van der Waals surface area contributed by atoms with Crippen molar-refractivity contribution in [1.29, 1.82) is 0 Å². The first-order valence-electron chi connectivity index (χ1n) is 7.74. The third-order valence-electron chi connectivity index (χ3n) is 3.65. The number of H-pyrrole nitrogens is 1. The minimum Gasteiger partial charge on any atom is -0.389 e. The molecule has 2 aromatic rings. The Kier molecular flexibility index (Phi) is 4.86.